The zero-order chi connectivity index (χ0) is 12.3. The van der Waals surface area contributed by atoms with Gasteiger partial charge in [0.1, 0.15) is 0 Å². The molecule has 1 N–H and O–H groups in total. The van der Waals surface area contributed by atoms with E-state index in [2.05, 4.69) is 31.0 Å². The third-order valence-corrected chi connectivity index (χ3v) is 4.80. The van der Waals surface area contributed by atoms with Crippen LogP contribution in [0.3, 0.4) is 0 Å². The summed E-state index contributed by atoms with van der Waals surface area (Å²) in [7, 11) is 0. The van der Waals surface area contributed by atoms with Gasteiger partial charge in [0.05, 0.1) is 0 Å². The van der Waals surface area contributed by atoms with E-state index in [0.29, 0.717) is 0 Å². The molecule has 0 aromatic heterocycles. The highest BCUT2D eigenvalue weighted by Gasteiger charge is 2.34. The smallest absolute Gasteiger partial charge is 0.0235 e. The van der Waals surface area contributed by atoms with E-state index in [4.69, 9.17) is 0 Å². The van der Waals surface area contributed by atoms with Crippen LogP contribution in [0.5, 0.6) is 0 Å². The summed E-state index contributed by atoms with van der Waals surface area (Å²) in [6, 6.07) is 1.67. The van der Waals surface area contributed by atoms with Crippen molar-refractivity contribution in [2.45, 2.75) is 65.0 Å². The molecule has 1 aliphatic carbocycles. The fraction of sp³-hybridized carbons (Fsp3) is 1.00. The summed E-state index contributed by atoms with van der Waals surface area (Å²) in [5.41, 5.74) is 0. The van der Waals surface area contributed by atoms with E-state index in [1.165, 1.54) is 51.7 Å². The minimum Gasteiger partial charge on any atom is -0.315 e. The molecule has 0 spiro atoms. The van der Waals surface area contributed by atoms with Crippen molar-refractivity contribution in [2.75, 3.05) is 19.6 Å². The molecule has 2 nitrogen and oxygen atoms in total. The van der Waals surface area contributed by atoms with Gasteiger partial charge in [-0.05, 0) is 57.0 Å². The topological polar surface area (TPSA) is 15.3 Å². The first-order valence-electron chi connectivity index (χ1n) is 7.68. The lowest BCUT2D eigenvalue weighted by Crippen LogP contribution is -2.49. The molecule has 2 aliphatic rings. The van der Waals surface area contributed by atoms with Crippen LogP contribution in [0.25, 0.3) is 0 Å². The third kappa shape index (κ3) is 3.23. The van der Waals surface area contributed by atoms with Crippen molar-refractivity contribution in [3.8, 4) is 0 Å². The van der Waals surface area contributed by atoms with E-state index in [1.807, 2.05) is 0 Å². The highest BCUT2D eigenvalue weighted by atomic mass is 15.2. The first-order chi connectivity index (χ1) is 8.22. The Morgan fingerprint density at radius 2 is 2.00 bits per heavy atom. The van der Waals surface area contributed by atoms with Gasteiger partial charge in [-0.1, -0.05) is 20.8 Å². The second-order valence-electron chi connectivity index (χ2n) is 6.35. The number of rotatable bonds is 4. The molecule has 100 valence electrons. The molecule has 2 heteroatoms. The molecule has 1 saturated heterocycles. The predicted molar refractivity (Wildman–Crippen MR) is 74.2 cm³/mol. The summed E-state index contributed by atoms with van der Waals surface area (Å²) in [4.78, 5) is 2.84. The van der Waals surface area contributed by atoms with Crippen LogP contribution in [-0.2, 0) is 0 Å². The molecule has 1 aliphatic heterocycles. The molecule has 0 radical (unpaired) electrons. The summed E-state index contributed by atoms with van der Waals surface area (Å²) in [5, 5.41) is 3.53. The molecule has 0 aromatic rings. The zero-order valence-corrected chi connectivity index (χ0v) is 11.9. The van der Waals surface area contributed by atoms with Crippen molar-refractivity contribution in [3.63, 3.8) is 0 Å². The Labute approximate surface area is 107 Å². The molecule has 0 bridgehead atoms. The van der Waals surface area contributed by atoms with E-state index in [1.54, 1.807) is 0 Å². The second kappa shape index (κ2) is 6.19. The lowest BCUT2D eigenvalue weighted by molar-refractivity contribution is 0.0620. The van der Waals surface area contributed by atoms with Crippen LogP contribution in [0.2, 0.25) is 0 Å². The largest absolute Gasteiger partial charge is 0.315 e. The number of nitrogens with zero attached hydrogens (tertiary/aromatic N) is 1. The van der Waals surface area contributed by atoms with Crippen LogP contribution < -0.4 is 5.32 Å². The van der Waals surface area contributed by atoms with Gasteiger partial charge in [-0.25, -0.2) is 0 Å². The quantitative estimate of drug-likeness (QED) is 0.810. The number of hydrogen-bond acceptors (Lipinski definition) is 2. The van der Waals surface area contributed by atoms with Gasteiger partial charge in [0.15, 0.2) is 0 Å². The predicted octanol–water partition coefficient (Wildman–Crippen LogP) is 2.89. The minimum atomic E-state index is 0.816. The molecule has 4 atom stereocenters. The van der Waals surface area contributed by atoms with Crippen LogP contribution in [0, 0.1) is 11.8 Å². The number of nitrogens with one attached hydrogen (secondary N) is 1. The minimum absolute atomic E-state index is 0.816. The lowest BCUT2D eigenvalue weighted by Gasteiger charge is -2.43. The van der Waals surface area contributed by atoms with Crippen molar-refractivity contribution in [2.24, 2.45) is 11.8 Å². The Balaban J connectivity index is 1.98. The molecule has 0 aromatic carbocycles. The van der Waals surface area contributed by atoms with Crippen LogP contribution in [0.1, 0.15) is 52.9 Å². The van der Waals surface area contributed by atoms with Gasteiger partial charge in [-0.15, -0.1) is 0 Å². The monoisotopic (exact) mass is 238 g/mol. The molecule has 4 unspecified atom stereocenters. The molecule has 2 fully saturated rings. The van der Waals surface area contributed by atoms with Crippen molar-refractivity contribution >= 4 is 0 Å². The Bertz CT molecular complexity index is 223. The average molecular weight is 238 g/mol. The van der Waals surface area contributed by atoms with Gasteiger partial charge in [-0.3, -0.25) is 4.90 Å². The van der Waals surface area contributed by atoms with E-state index in [9.17, 15) is 0 Å². The van der Waals surface area contributed by atoms with Gasteiger partial charge in [0.2, 0.25) is 0 Å². The zero-order valence-electron chi connectivity index (χ0n) is 11.9. The van der Waals surface area contributed by atoms with E-state index in [0.717, 1.165) is 23.9 Å². The highest BCUT2D eigenvalue weighted by Crippen LogP contribution is 2.33. The molecular formula is C15H30N2. The Morgan fingerprint density at radius 3 is 2.59 bits per heavy atom. The summed E-state index contributed by atoms with van der Waals surface area (Å²) in [5.74, 6) is 1.84. The Kier molecular flexibility index (Phi) is 4.87. The first-order valence-corrected chi connectivity index (χ1v) is 7.68. The van der Waals surface area contributed by atoms with E-state index >= 15 is 0 Å². The van der Waals surface area contributed by atoms with Crippen LogP contribution in [0.4, 0.5) is 0 Å². The van der Waals surface area contributed by atoms with Gasteiger partial charge < -0.3 is 5.32 Å². The SMILES string of the molecule is CCCN(C1CCNC1)C1CCC(C)CC1C. The van der Waals surface area contributed by atoms with E-state index in [-0.39, 0.29) is 0 Å². The summed E-state index contributed by atoms with van der Waals surface area (Å²) in [6.45, 7) is 11.0. The van der Waals surface area contributed by atoms with Crippen LogP contribution in [-0.4, -0.2) is 36.6 Å². The van der Waals surface area contributed by atoms with Gasteiger partial charge >= 0.3 is 0 Å². The normalized spacial score (nSPS) is 38.8. The van der Waals surface area contributed by atoms with E-state index < -0.39 is 0 Å². The third-order valence-electron chi connectivity index (χ3n) is 4.80. The average Bonchev–Trinajstić information content (AvgIpc) is 2.80. The van der Waals surface area contributed by atoms with Crippen molar-refractivity contribution in [1.29, 1.82) is 0 Å². The Hall–Kier alpha value is -0.0800. The maximum Gasteiger partial charge on any atom is 0.0235 e. The van der Waals surface area contributed by atoms with Gasteiger partial charge in [0, 0.05) is 18.6 Å². The highest BCUT2D eigenvalue weighted by molar-refractivity contribution is 4.90. The van der Waals surface area contributed by atoms with Crippen LogP contribution in [0.15, 0.2) is 0 Å². The maximum absolute atomic E-state index is 3.53. The first kappa shape index (κ1) is 13.4. The van der Waals surface area contributed by atoms with Crippen LogP contribution >= 0.6 is 0 Å². The van der Waals surface area contributed by atoms with Crippen molar-refractivity contribution in [3.05, 3.63) is 0 Å². The van der Waals surface area contributed by atoms with Crippen molar-refractivity contribution < 1.29 is 0 Å². The van der Waals surface area contributed by atoms with Gasteiger partial charge in [0.25, 0.3) is 0 Å². The molecule has 1 saturated carbocycles. The summed E-state index contributed by atoms with van der Waals surface area (Å²) >= 11 is 0. The fourth-order valence-electron chi connectivity index (χ4n) is 3.94. The standard InChI is InChI=1S/C15H30N2/c1-4-9-17(14-7-8-16-11-14)15-6-5-12(2)10-13(15)3/h12-16H,4-11H2,1-3H3. The fourth-order valence-corrected chi connectivity index (χ4v) is 3.94. The van der Waals surface area contributed by atoms with Crippen molar-refractivity contribution in [1.82, 2.24) is 10.2 Å². The second-order valence-corrected chi connectivity index (χ2v) is 6.35. The molecule has 1 heterocycles. The molecular weight excluding hydrogens is 208 g/mol. The molecule has 0 amide bonds. The Morgan fingerprint density at radius 1 is 1.18 bits per heavy atom. The number of hydrogen-bond donors (Lipinski definition) is 1. The summed E-state index contributed by atoms with van der Waals surface area (Å²) in [6.07, 6.45) is 6.97. The summed E-state index contributed by atoms with van der Waals surface area (Å²) < 4.78 is 0. The lowest BCUT2D eigenvalue weighted by atomic mass is 9.78. The molecule has 17 heavy (non-hydrogen) atoms. The maximum atomic E-state index is 3.53. The van der Waals surface area contributed by atoms with Gasteiger partial charge in [-0.2, -0.15) is 0 Å². The molecule has 2 rings (SSSR count).